The maximum atomic E-state index is 12.4. The summed E-state index contributed by atoms with van der Waals surface area (Å²) in [6.45, 7) is 14.0. The van der Waals surface area contributed by atoms with Crippen LogP contribution in [0.1, 0.15) is 77.1 Å². The molecular weight excluding hydrogens is 502 g/mol. The highest BCUT2D eigenvalue weighted by molar-refractivity contribution is 5.74. The van der Waals surface area contributed by atoms with Crippen molar-refractivity contribution >= 4 is 12.1 Å². The number of para-hydroxylation sites is 1. The maximum Gasteiger partial charge on any atom is 0.407 e. The van der Waals surface area contributed by atoms with Crippen molar-refractivity contribution in [1.82, 2.24) is 5.32 Å². The molecule has 40 heavy (non-hydrogen) atoms. The van der Waals surface area contributed by atoms with Crippen molar-refractivity contribution in [2.75, 3.05) is 0 Å². The van der Waals surface area contributed by atoms with E-state index in [0.717, 1.165) is 40.7 Å². The molecule has 0 heterocycles. The first-order valence-electron chi connectivity index (χ1n) is 13.9. The Morgan fingerprint density at radius 3 is 2.12 bits per heavy atom. The fourth-order valence-electron chi connectivity index (χ4n) is 4.28. The lowest BCUT2D eigenvalue weighted by Crippen LogP contribution is -2.32. The fraction of sp³-hybridized carbons (Fsp3) is 0.412. The average Bonchev–Trinajstić information content (AvgIpc) is 2.85. The highest BCUT2D eigenvalue weighted by Crippen LogP contribution is 2.27. The van der Waals surface area contributed by atoms with E-state index in [1.165, 1.54) is 5.56 Å². The molecule has 0 bridgehead atoms. The van der Waals surface area contributed by atoms with Crippen molar-refractivity contribution in [1.29, 1.82) is 0 Å². The summed E-state index contributed by atoms with van der Waals surface area (Å²) in [5.74, 6) is 0.392. The van der Waals surface area contributed by atoms with Crippen molar-refractivity contribution in [3.63, 3.8) is 0 Å². The molecule has 0 saturated carbocycles. The molecule has 0 aliphatic rings. The number of carbonyl (C=O) groups excluding carboxylic acids is 2. The molecule has 0 radical (unpaired) electrons. The van der Waals surface area contributed by atoms with Gasteiger partial charge in [-0.2, -0.15) is 0 Å². The normalized spacial score (nSPS) is 11.6. The molecule has 3 aromatic carbocycles. The first-order chi connectivity index (χ1) is 18.8. The molecular formula is C34H43NO5. The van der Waals surface area contributed by atoms with Gasteiger partial charge in [-0.25, -0.2) is 4.79 Å². The van der Waals surface area contributed by atoms with E-state index in [-0.39, 0.29) is 12.4 Å². The Morgan fingerprint density at radius 2 is 1.43 bits per heavy atom. The maximum absolute atomic E-state index is 12.4. The molecule has 1 N–H and O–H groups in total. The molecule has 0 spiro atoms. The van der Waals surface area contributed by atoms with E-state index in [9.17, 15) is 9.59 Å². The van der Waals surface area contributed by atoms with Crippen LogP contribution < -0.4 is 10.1 Å². The van der Waals surface area contributed by atoms with Crippen molar-refractivity contribution in [2.24, 2.45) is 0 Å². The van der Waals surface area contributed by atoms with Crippen molar-refractivity contribution in [3.8, 4) is 16.9 Å². The second kappa shape index (κ2) is 13.5. The van der Waals surface area contributed by atoms with E-state index in [2.05, 4.69) is 42.6 Å². The van der Waals surface area contributed by atoms with Gasteiger partial charge in [0.2, 0.25) is 0 Å². The predicted octanol–water partition coefficient (Wildman–Crippen LogP) is 7.79. The molecule has 1 amide bonds. The molecule has 0 aliphatic carbocycles. The number of rotatable bonds is 10. The first-order valence-corrected chi connectivity index (χ1v) is 13.9. The summed E-state index contributed by atoms with van der Waals surface area (Å²) in [5.41, 5.74) is 5.14. The molecule has 0 fully saturated rings. The van der Waals surface area contributed by atoms with Gasteiger partial charge in [0.15, 0.2) is 0 Å². The minimum atomic E-state index is -0.541. The average molecular weight is 546 g/mol. The largest absolute Gasteiger partial charge is 0.489 e. The van der Waals surface area contributed by atoms with Gasteiger partial charge >= 0.3 is 12.1 Å². The Kier molecular flexibility index (Phi) is 10.4. The number of alkyl carbamates (subject to hydrolysis) is 1. The van der Waals surface area contributed by atoms with Crippen LogP contribution in [0.3, 0.4) is 0 Å². The molecule has 214 valence electrons. The van der Waals surface area contributed by atoms with Crippen molar-refractivity contribution in [3.05, 3.63) is 89.0 Å². The quantitative estimate of drug-likeness (QED) is 0.263. The van der Waals surface area contributed by atoms with Crippen LogP contribution in [0.25, 0.3) is 11.1 Å². The molecule has 3 rings (SSSR count). The summed E-state index contributed by atoms with van der Waals surface area (Å²) in [4.78, 5) is 24.5. The van der Waals surface area contributed by atoms with E-state index in [0.29, 0.717) is 18.9 Å². The summed E-state index contributed by atoms with van der Waals surface area (Å²) in [7, 11) is 0. The van der Waals surface area contributed by atoms with Crippen LogP contribution in [0.15, 0.2) is 66.7 Å². The zero-order chi connectivity index (χ0) is 29.3. The standard InChI is InChI=1S/C34H43NO5/c1-8-12-24-17-26(23-38-30-16-10-9-14-28(30)21-31(36)39-33(2,3)4)20-29(18-24)27-15-11-13-25(19-27)22-35-32(37)40-34(5,6)7/h9-11,13-20H,8,12,21-23H2,1-7H3,(H,35,37). The molecule has 0 unspecified atom stereocenters. The van der Waals surface area contributed by atoms with Gasteiger partial charge in [-0.05, 0) is 94.0 Å². The lowest BCUT2D eigenvalue weighted by Gasteiger charge is -2.20. The third kappa shape index (κ3) is 10.4. The summed E-state index contributed by atoms with van der Waals surface area (Å²) in [6.07, 6.45) is 1.70. The molecule has 6 nitrogen and oxygen atoms in total. The third-order valence-electron chi connectivity index (χ3n) is 5.81. The van der Waals surface area contributed by atoms with E-state index in [1.54, 1.807) is 0 Å². The fourth-order valence-corrected chi connectivity index (χ4v) is 4.28. The van der Waals surface area contributed by atoms with Gasteiger partial charge < -0.3 is 19.5 Å². The van der Waals surface area contributed by atoms with Gasteiger partial charge in [0.1, 0.15) is 23.6 Å². The zero-order valence-electron chi connectivity index (χ0n) is 24.9. The lowest BCUT2D eigenvalue weighted by molar-refractivity contribution is -0.153. The van der Waals surface area contributed by atoms with E-state index in [4.69, 9.17) is 14.2 Å². The van der Waals surface area contributed by atoms with Crippen molar-refractivity contribution < 1.29 is 23.8 Å². The summed E-state index contributed by atoms with van der Waals surface area (Å²) in [5, 5.41) is 2.83. The molecule has 0 saturated heterocycles. The molecule has 0 aliphatic heterocycles. The number of carbonyl (C=O) groups is 2. The molecule has 0 atom stereocenters. The Labute approximate surface area is 239 Å². The molecule has 3 aromatic rings. The third-order valence-corrected chi connectivity index (χ3v) is 5.81. The van der Waals surface area contributed by atoms with E-state index < -0.39 is 17.3 Å². The number of aryl methyl sites for hydroxylation is 1. The number of hydrogen-bond donors (Lipinski definition) is 1. The second-order valence-electron chi connectivity index (χ2n) is 12.0. The van der Waals surface area contributed by atoms with Gasteiger partial charge in [0, 0.05) is 12.1 Å². The van der Waals surface area contributed by atoms with E-state index >= 15 is 0 Å². The SMILES string of the molecule is CCCc1cc(COc2ccccc2CC(=O)OC(C)(C)C)cc(-c2cccc(CNC(=O)OC(C)(C)C)c2)c1. The number of hydrogen-bond acceptors (Lipinski definition) is 5. The lowest BCUT2D eigenvalue weighted by atomic mass is 9.97. The van der Waals surface area contributed by atoms with Gasteiger partial charge in [-0.3, -0.25) is 4.79 Å². The topological polar surface area (TPSA) is 73.9 Å². The minimum Gasteiger partial charge on any atom is -0.489 e. The molecule has 6 heteroatoms. The Hall–Kier alpha value is -3.80. The van der Waals surface area contributed by atoms with Crippen LogP contribution in [0.4, 0.5) is 4.79 Å². The van der Waals surface area contributed by atoms with Crippen LogP contribution in [0.2, 0.25) is 0 Å². The minimum absolute atomic E-state index is 0.151. The monoisotopic (exact) mass is 545 g/mol. The highest BCUT2D eigenvalue weighted by Gasteiger charge is 2.18. The number of nitrogens with one attached hydrogen (secondary N) is 1. The highest BCUT2D eigenvalue weighted by atomic mass is 16.6. The van der Waals surface area contributed by atoms with Crippen LogP contribution in [0, 0.1) is 0 Å². The first kappa shape index (κ1) is 30.7. The Bertz CT molecular complexity index is 1300. The summed E-state index contributed by atoms with van der Waals surface area (Å²) < 4.78 is 17.1. The van der Waals surface area contributed by atoms with Crippen LogP contribution >= 0.6 is 0 Å². The second-order valence-corrected chi connectivity index (χ2v) is 12.0. The zero-order valence-corrected chi connectivity index (χ0v) is 24.9. The number of amides is 1. The summed E-state index contributed by atoms with van der Waals surface area (Å²) >= 11 is 0. The Morgan fingerprint density at radius 1 is 0.750 bits per heavy atom. The van der Waals surface area contributed by atoms with Crippen LogP contribution in [0.5, 0.6) is 5.75 Å². The smallest absolute Gasteiger partial charge is 0.407 e. The van der Waals surface area contributed by atoms with Gasteiger partial charge in [0.25, 0.3) is 0 Å². The van der Waals surface area contributed by atoms with Gasteiger partial charge in [-0.1, -0.05) is 61.9 Å². The Balaban J connectivity index is 1.77. The van der Waals surface area contributed by atoms with Gasteiger partial charge in [0.05, 0.1) is 6.42 Å². The number of benzene rings is 3. The van der Waals surface area contributed by atoms with E-state index in [1.807, 2.05) is 77.9 Å². The number of esters is 1. The predicted molar refractivity (Wildman–Crippen MR) is 159 cm³/mol. The van der Waals surface area contributed by atoms with Crippen LogP contribution in [-0.2, 0) is 40.3 Å². The van der Waals surface area contributed by atoms with Gasteiger partial charge in [-0.15, -0.1) is 0 Å². The number of ether oxygens (including phenoxy) is 3. The summed E-state index contributed by atoms with van der Waals surface area (Å²) in [6, 6.07) is 22.3. The van der Waals surface area contributed by atoms with Crippen molar-refractivity contribution in [2.45, 2.75) is 92.1 Å². The molecule has 0 aromatic heterocycles. The van der Waals surface area contributed by atoms with Crippen LogP contribution in [-0.4, -0.2) is 23.3 Å².